The Labute approximate surface area is 106 Å². The van der Waals surface area contributed by atoms with Crippen LogP contribution in [0.4, 0.5) is 0 Å². The molecule has 0 radical (unpaired) electrons. The fourth-order valence-electron chi connectivity index (χ4n) is 3.21. The van der Waals surface area contributed by atoms with Crippen LogP contribution in [0.3, 0.4) is 0 Å². The Morgan fingerprint density at radius 2 is 2.06 bits per heavy atom. The Bertz CT molecular complexity index is 545. The highest BCUT2D eigenvalue weighted by Gasteiger charge is 2.40. The number of allylic oxidation sites excluding steroid dienone is 2. The smallest absolute Gasteiger partial charge is 0.155 e. The van der Waals surface area contributed by atoms with Crippen molar-refractivity contribution >= 4 is 5.78 Å². The Kier molecular flexibility index (Phi) is 2.44. The van der Waals surface area contributed by atoms with E-state index in [2.05, 4.69) is 0 Å². The number of methoxy groups -OCH3 is 1. The second-order valence-electron chi connectivity index (χ2n) is 5.14. The topological polar surface area (TPSA) is 46.5 Å². The number of hydrogen-bond acceptors (Lipinski definition) is 3. The molecule has 0 unspecified atom stereocenters. The van der Waals surface area contributed by atoms with Gasteiger partial charge in [0.15, 0.2) is 5.78 Å². The molecule has 1 N–H and O–H groups in total. The molecular weight excluding hydrogens is 228 g/mol. The number of benzene rings is 1. The van der Waals surface area contributed by atoms with Crippen molar-refractivity contribution in [3.8, 4) is 11.5 Å². The second-order valence-corrected chi connectivity index (χ2v) is 5.14. The molecule has 0 saturated heterocycles. The summed E-state index contributed by atoms with van der Waals surface area (Å²) in [6.45, 7) is 0. The van der Waals surface area contributed by atoms with E-state index < -0.39 is 0 Å². The first kappa shape index (κ1) is 11.3. The van der Waals surface area contributed by atoms with Gasteiger partial charge >= 0.3 is 0 Å². The molecule has 0 fully saturated rings. The van der Waals surface area contributed by atoms with E-state index in [0.717, 1.165) is 30.4 Å². The fourth-order valence-corrected chi connectivity index (χ4v) is 3.21. The number of ether oxygens (including phenoxy) is 1. The minimum absolute atomic E-state index is 0.139. The first-order valence-electron chi connectivity index (χ1n) is 6.27. The second kappa shape index (κ2) is 3.87. The molecule has 3 rings (SSSR count). The number of fused-ring (bicyclic) bond motifs is 2. The van der Waals surface area contributed by atoms with Crippen LogP contribution in [0.1, 0.15) is 30.4 Å². The molecule has 0 bridgehead atoms. The Morgan fingerprint density at radius 3 is 2.72 bits per heavy atom. The van der Waals surface area contributed by atoms with Crippen LogP contribution in [0.25, 0.3) is 0 Å². The number of rotatable bonds is 1. The van der Waals surface area contributed by atoms with Crippen molar-refractivity contribution in [2.75, 3.05) is 7.11 Å². The molecular formula is C15H16O3. The molecule has 0 aromatic heterocycles. The van der Waals surface area contributed by atoms with Crippen LogP contribution in [0, 0.1) is 0 Å². The number of ketones is 1. The largest absolute Gasteiger partial charge is 0.507 e. The normalized spacial score (nSPS) is 25.5. The fraction of sp³-hybridized carbons (Fsp3) is 0.400. The first-order valence-corrected chi connectivity index (χ1v) is 6.27. The molecule has 0 aliphatic heterocycles. The maximum atomic E-state index is 11.3. The number of aryl methyl sites for hydroxylation is 1. The number of hydrogen-bond donors (Lipinski definition) is 1. The van der Waals surface area contributed by atoms with Crippen LogP contribution in [0.2, 0.25) is 0 Å². The van der Waals surface area contributed by atoms with Crippen molar-refractivity contribution in [2.24, 2.45) is 0 Å². The number of phenolic OH excluding ortho intramolecular Hbond substituents is 1. The van der Waals surface area contributed by atoms with E-state index in [1.807, 2.05) is 12.1 Å². The van der Waals surface area contributed by atoms with Gasteiger partial charge < -0.3 is 9.84 Å². The Morgan fingerprint density at radius 1 is 1.28 bits per heavy atom. The Balaban J connectivity index is 2.12. The molecule has 2 aliphatic carbocycles. The lowest BCUT2D eigenvalue weighted by Crippen LogP contribution is -2.25. The van der Waals surface area contributed by atoms with Gasteiger partial charge in [0.05, 0.1) is 7.11 Å². The third-order valence-electron chi connectivity index (χ3n) is 4.15. The molecule has 1 aromatic rings. The molecule has 2 aliphatic rings. The quantitative estimate of drug-likeness (QED) is 0.825. The molecule has 18 heavy (non-hydrogen) atoms. The average Bonchev–Trinajstić information content (AvgIpc) is 2.73. The number of aromatic hydroxyl groups is 1. The molecule has 94 valence electrons. The van der Waals surface area contributed by atoms with Crippen LogP contribution >= 0.6 is 0 Å². The minimum atomic E-state index is -0.139. The summed E-state index contributed by atoms with van der Waals surface area (Å²) in [6.07, 6.45) is 6.92. The van der Waals surface area contributed by atoms with Crippen molar-refractivity contribution < 1.29 is 14.6 Å². The van der Waals surface area contributed by atoms with Gasteiger partial charge in [-0.3, -0.25) is 4.79 Å². The number of carbonyl (C=O) groups excluding carboxylic acids is 1. The highest BCUT2D eigenvalue weighted by molar-refractivity contribution is 5.91. The summed E-state index contributed by atoms with van der Waals surface area (Å²) in [7, 11) is 1.60. The highest BCUT2D eigenvalue weighted by atomic mass is 16.5. The lowest BCUT2D eigenvalue weighted by Gasteiger charge is -2.29. The third kappa shape index (κ3) is 1.54. The summed E-state index contributed by atoms with van der Waals surface area (Å²) < 4.78 is 5.18. The van der Waals surface area contributed by atoms with Crippen molar-refractivity contribution in [1.82, 2.24) is 0 Å². The van der Waals surface area contributed by atoms with Gasteiger partial charge in [0.25, 0.3) is 0 Å². The standard InChI is InChI=1S/C15H16O3/c1-18-12-8-10-2-5-15(14(10)13(17)9-12)6-3-11(16)4-7-15/h3,6,8-9,17H,2,4-5,7H2,1H3/t15-/m1/s1. The van der Waals surface area contributed by atoms with Crippen LogP contribution in [-0.2, 0) is 16.6 Å². The van der Waals surface area contributed by atoms with Gasteiger partial charge in [-0.1, -0.05) is 6.08 Å². The minimum Gasteiger partial charge on any atom is -0.507 e. The summed E-state index contributed by atoms with van der Waals surface area (Å²) >= 11 is 0. The molecule has 0 heterocycles. The van der Waals surface area contributed by atoms with Gasteiger partial charge in [-0.15, -0.1) is 0 Å². The molecule has 3 nitrogen and oxygen atoms in total. The first-order chi connectivity index (χ1) is 8.64. The zero-order valence-electron chi connectivity index (χ0n) is 10.4. The van der Waals surface area contributed by atoms with Gasteiger partial charge in [0, 0.05) is 23.5 Å². The monoisotopic (exact) mass is 244 g/mol. The molecule has 0 saturated carbocycles. The van der Waals surface area contributed by atoms with Crippen molar-refractivity contribution in [3.63, 3.8) is 0 Å². The number of carbonyl (C=O) groups is 1. The SMILES string of the molecule is COc1cc(O)c2c(c1)CC[C@]21C=CC(=O)CC1. The lowest BCUT2D eigenvalue weighted by molar-refractivity contribution is -0.115. The maximum absolute atomic E-state index is 11.3. The van der Waals surface area contributed by atoms with Gasteiger partial charge in [0.1, 0.15) is 11.5 Å². The summed E-state index contributed by atoms with van der Waals surface area (Å²) in [4.78, 5) is 11.3. The molecule has 0 amide bonds. The predicted octanol–water partition coefficient (Wildman–Crippen LogP) is 2.50. The van der Waals surface area contributed by atoms with Crippen LogP contribution in [0.5, 0.6) is 11.5 Å². The highest BCUT2D eigenvalue weighted by Crippen LogP contribution is 2.50. The third-order valence-corrected chi connectivity index (χ3v) is 4.15. The van der Waals surface area contributed by atoms with Crippen LogP contribution < -0.4 is 4.74 Å². The van der Waals surface area contributed by atoms with Crippen molar-refractivity contribution in [1.29, 1.82) is 0 Å². The maximum Gasteiger partial charge on any atom is 0.155 e. The van der Waals surface area contributed by atoms with Crippen molar-refractivity contribution in [2.45, 2.75) is 31.1 Å². The zero-order valence-corrected chi connectivity index (χ0v) is 10.4. The molecule has 1 atom stereocenters. The summed E-state index contributed by atoms with van der Waals surface area (Å²) in [5, 5.41) is 10.2. The van der Waals surface area contributed by atoms with Gasteiger partial charge in [0.2, 0.25) is 0 Å². The predicted molar refractivity (Wildman–Crippen MR) is 68.0 cm³/mol. The Hall–Kier alpha value is -1.77. The van der Waals surface area contributed by atoms with E-state index in [0.29, 0.717) is 17.9 Å². The van der Waals surface area contributed by atoms with E-state index >= 15 is 0 Å². The average molecular weight is 244 g/mol. The molecule has 1 aromatic carbocycles. The van der Waals surface area contributed by atoms with E-state index in [1.54, 1.807) is 19.3 Å². The number of phenols is 1. The van der Waals surface area contributed by atoms with E-state index in [-0.39, 0.29) is 11.2 Å². The lowest BCUT2D eigenvalue weighted by atomic mass is 9.74. The van der Waals surface area contributed by atoms with Crippen LogP contribution in [0.15, 0.2) is 24.3 Å². The summed E-state index contributed by atoms with van der Waals surface area (Å²) in [5.41, 5.74) is 2.00. The zero-order chi connectivity index (χ0) is 12.8. The van der Waals surface area contributed by atoms with E-state index in [1.165, 1.54) is 0 Å². The van der Waals surface area contributed by atoms with E-state index in [9.17, 15) is 9.90 Å². The van der Waals surface area contributed by atoms with Crippen LogP contribution in [-0.4, -0.2) is 18.0 Å². The molecule has 1 spiro atoms. The van der Waals surface area contributed by atoms with Gasteiger partial charge in [-0.25, -0.2) is 0 Å². The summed E-state index contributed by atoms with van der Waals surface area (Å²) in [5.74, 6) is 1.17. The van der Waals surface area contributed by atoms with Crippen molar-refractivity contribution in [3.05, 3.63) is 35.4 Å². The van der Waals surface area contributed by atoms with E-state index in [4.69, 9.17) is 4.74 Å². The van der Waals surface area contributed by atoms with Gasteiger partial charge in [-0.2, -0.15) is 0 Å². The molecule has 3 heteroatoms. The van der Waals surface area contributed by atoms with Gasteiger partial charge in [-0.05, 0) is 37.0 Å². The summed E-state index contributed by atoms with van der Waals surface area (Å²) in [6, 6.07) is 3.66.